The van der Waals surface area contributed by atoms with Crippen LogP contribution in [-0.2, 0) is 9.53 Å². The molecule has 0 spiro atoms. The van der Waals surface area contributed by atoms with Crippen molar-refractivity contribution in [3.05, 3.63) is 59.7 Å². The van der Waals surface area contributed by atoms with Gasteiger partial charge in [-0.05, 0) is 18.2 Å². The van der Waals surface area contributed by atoms with E-state index in [9.17, 15) is 14.0 Å². The summed E-state index contributed by atoms with van der Waals surface area (Å²) in [4.78, 5) is 28.3. The number of nitrogens with zero attached hydrogens (tertiary/aromatic N) is 1. The van der Waals surface area contributed by atoms with Gasteiger partial charge in [-0.1, -0.05) is 18.2 Å². The molecule has 3 rings (SSSR count). The molecule has 0 aliphatic carbocycles. The van der Waals surface area contributed by atoms with Crippen molar-refractivity contribution in [1.29, 1.82) is 0 Å². The molecule has 2 aromatic rings. The largest absolute Gasteiger partial charge is 0.451 e. The van der Waals surface area contributed by atoms with Crippen molar-refractivity contribution >= 4 is 23.6 Å². The molecular formula is C16H15FN2O3S. The SMILES string of the molecule is O=C(OCC(=O)N1CCS[C@@H]1c1ccccc1F)c1ccc[nH]1. The second kappa shape index (κ2) is 6.87. The molecule has 0 unspecified atom stereocenters. The maximum Gasteiger partial charge on any atom is 0.355 e. The van der Waals surface area contributed by atoms with Gasteiger partial charge in [0.1, 0.15) is 16.9 Å². The molecule has 0 saturated carbocycles. The average molecular weight is 334 g/mol. The Kier molecular flexibility index (Phi) is 4.66. The van der Waals surface area contributed by atoms with Crippen LogP contribution in [0.1, 0.15) is 21.4 Å². The van der Waals surface area contributed by atoms with Crippen LogP contribution in [0.3, 0.4) is 0 Å². The first-order valence-electron chi connectivity index (χ1n) is 7.13. The van der Waals surface area contributed by atoms with Gasteiger partial charge in [0.2, 0.25) is 0 Å². The Bertz CT molecular complexity index is 705. The summed E-state index contributed by atoms with van der Waals surface area (Å²) in [7, 11) is 0. The number of esters is 1. The Morgan fingerprint density at radius 2 is 2.13 bits per heavy atom. The van der Waals surface area contributed by atoms with Gasteiger partial charge >= 0.3 is 5.97 Å². The van der Waals surface area contributed by atoms with Crippen LogP contribution in [0, 0.1) is 5.82 Å². The fraction of sp³-hybridized carbons (Fsp3) is 0.250. The first kappa shape index (κ1) is 15.6. The zero-order valence-corrected chi connectivity index (χ0v) is 13.0. The summed E-state index contributed by atoms with van der Waals surface area (Å²) in [6.07, 6.45) is 1.60. The Labute approximate surface area is 136 Å². The quantitative estimate of drug-likeness (QED) is 0.873. The van der Waals surface area contributed by atoms with Gasteiger partial charge in [0.25, 0.3) is 5.91 Å². The van der Waals surface area contributed by atoms with Crippen molar-refractivity contribution in [2.75, 3.05) is 18.9 Å². The monoisotopic (exact) mass is 334 g/mol. The topological polar surface area (TPSA) is 62.4 Å². The van der Waals surface area contributed by atoms with Crippen LogP contribution in [0.4, 0.5) is 4.39 Å². The van der Waals surface area contributed by atoms with Gasteiger partial charge in [0, 0.05) is 24.1 Å². The van der Waals surface area contributed by atoms with E-state index in [0.29, 0.717) is 17.8 Å². The van der Waals surface area contributed by atoms with E-state index in [0.717, 1.165) is 5.75 Å². The molecule has 5 nitrogen and oxygen atoms in total. The molecule has 1 N–H and O–H groups in total. The standard InChI is InChI=1S/C16H15FN2O3S/c17-12-5-2-1-4-11(12)15-19(8-9-23-15)14(20)10-22-16(21)13-6-3-7-18-13/h1-7,15,18H,8-10H2/t15-/m1/s1. The summed E-state index contributed by atoms with van der Waals surface area (Å²) in [5.74, 6) is -0.538. The summed E-state index contributed by atoms with van der Waals surface area (Å²) in [5.41, 5.74) is 0.762. The third kappa shape index (κ3) is 3.39. The van der Waals surface area contributed by atoms with Crippen molar-refractivity contribution in [3.63, 3.8) is 0 Å². The maximum absolute atomic E-state index is 13.9. The minimum Gasteiger partial charge on any atom is -0.451 e. The van der Waals surface area contributed by atoms with Gasteiger partial charge < -0.3 is 14.6 Å². The third-order valence-electron chi connectivity index (χ3n) is 3.53. The minimum atomic E-state index is -0.586. The van der Waals surface area contributed by atoms with Gasteiger partial charge in [-0.15, -0.1) is 11.8 Å². The van der Waals surface area contributed by atoms with Crippen LogP contribution < -0.4 is 0 Å². The zero-order valence-electron chi connectivity index (χ0n) is 12.2. The number of ether oxygens (including phenoxy) is 1. The Morgan fingerprint density at radius 3 is 2.87 bits per heavy atom. The van der Waals surface area contributed by atoms with Gasteiger partial charge in [-0.25, -0.2) is 9.18 Å². The van der Waals surface area contributed by atoms with Crippen molar-refractivity contribution in [1.82, 2.24) is 9.88 Å². The lowest BCUT2D eigenvalue weighted by atomic mass is 10.2. The van der Waals surface area contributed by atoms with E-state index in [2.05, 4.69) is 4.98 Å². The third-order valence-corrected chi connectivity index (χ3v) is 4.77. The molecule has 1 aliphatic heterocycles. The number of aromatic amines is 1. The number of benzene rings is 1. The van der Waals surface area contributed by atoms with E-state index in [1.165, 1.54) is 17.8 Å². The van der Waals surface area contributed by atoms with Crippen LogP contribution in [0.5, 0.6) is 0 Å². The minimum absolute atomic E-state index is 0.291. The summed E-state index contributed by atoms with van der Waals surface area (Å²) in [5, 5.41) is -0.382. The molecule has 0 bridgehead atoms. The zero-order chi connectivity index (χ0) is 16.2. The molecule has 2 heterocycles. The molecular weight excluding hydrogens is 319 g/mol. The van der Waals surface area contributed by atoms with Crippen LogP contribution in [0.15, 0.2) is 42.6 Å². The fourth-order valence-corrected chi connectivity index (χ4v) is 3.70. The summed E-state index contributed by atoms with van der Waals surface area (Å²) < 4.78 is 18.9. The normalized spacial score (nSPS) is 17.3. The van der Waals surface area contributed by atoms with Crippen LogP contribution in [0.25, 0.3) is 0 Å². The van der Waals surface area contributed by atoms with Gasteiger partial charge in [-0.3, -0.25) is 4.79 Å². The highest BCUT2D eigenvalue weighted by atomic mass is 32.2. The van der Waals surface area contributed by atoms with E-state index in [-0.39, 0.29) is 23.7 Å². The van der Waals surface area contributed by atoms with Gasteiger partial charge in [-0.2, -0.15) is 0 Å². The number of carbonyl (C=O) groups excluding carboxylic acids is 2. The highest BCUT2D eigenvalue weighted by Crippen LogP contribution is 2.38. The number of carbonyl (C=O) groups is 2. The lowest BCUT2D eigenvalue weighted by Gasteiger charge is -2.24. The first-order valence-corrected chi connectivity index (χ1v) is 8.17. The molecule has 1 aromatic carbocycles. The molecule has 1 aromatic heterocycles. The summed E-state index contributed by atoms with van der Waals surface area (Å²) in [6, 6.07) is 9.64. The Balaban J connectivity index is 1.64. The molecule has 1 amide bonds. The van der Waals surface area contributed by atoms with Crippen molar-refractivity contribution < 1.29 is 18.7 Å². The number of amides is 1. The van der Waals surface area contributed by atoms with Crippen molar-refractivity contribution in [2.45, 2.75) is 5.37 Å². The number of nitrogens with one attached hydrogen (secondary N) is 1. The summed E-state index contributed by atoms with van der Waals surface area (Å²) >= 11 is 1.50. The molecule has 0 radical (unpaired) electrons. The van der Waals surface area contributed by atoms with E-state index < -0.39 is 5.97 Å². The highest BCUT2D eigenvalue weighted by Gasteiger charge is 2.32. The van der Waals surface area contributed by atoms with Crippen molar-refractivity contribution in [2.24, 2.45) is 0 Å². The lowest BCUT2D eigenvalue weighted by molar-refractivity contribution is -0.134. The molecule has 1 saturated heterocycles. The number of hydrogen-bond acceptors (Lipinski definition) is 4. The smallest absolute Gasteiger partial charge is 0.355 e. The molecule has 1 aliphatic rings. The second-order valence-electron chi connectivity index (χ2n) is 4.99. The fourth-order valence-electron chi connectivity index (χ4n) is 2.40. The molecule has 1 fully saturated rings. The van der Waals surface area contributed by atoms with E-state index in [1.54, 1.807) is 41.4 Å². The number of H-pyrrole nitrogens is 1. The highest BCUT2D eigenvalue weighted by molar-refractivity contribution is 7.99. The average Bonchev–Trinajstić information content (AvgIpc) is 3.24. The number of halogens is 1. The Morgan fingerprint density at radius 1 is 1.30 bits per heavy atom. The second-order valence-corrected chi connectivity index (χ2v) is 6.18. The van der Waals surface area contributed by atoms with E-state index >= 15 is 0 Å². The van der Waals surface area contributed by atoms with Crippen molar-refractivity contribution in [3.8, 4) is 0 Å². The summed E-state index contributed by atoms with van der Waals surface area (Å²) in [6.45, 7) is 0.145. The predicted molar refractivity (Wildman–Crippen MR) is 84.4 cm³/mol. The van der Waals surface area contributed by atoms with Gasteiger partial charge in [0.05, 0.1) is 0 Å². The first-order chi connectivity index (χ1) is 11.2. The molecule has 1 atom stereocenters. The number of hydrogen-bond donors (Lipinski definition) is 1. The van der Waals surface area contributed by atoms with E-state index in [4.69, 9.17) is 4.74 Å². The molecule has 120 valence electrons. The van der Waals surface area contributed by atoms with Crippen LogP contribution in [-0.4, -0.2) is 40.7 Å². The predicted octanol–water partition coefficient (Wildman–Crippen LogP) is 2.58. The Hall–Kier alpha value is -2.28. The lowest BCUT2D eigenvalue weighted by Crippen LogP contribution is -2.34. The number of aromatic nitrogens is 1. The number of thioether (sulfide) groups is 1. The number of rotatable bonds is 4. The van der Waals surface area contributed by atoms with Gasteiger partial charge in [0.15, 0.2) is 6.61 Å². The molecule has 23 heavy (non-hydrogen) atoms. The molecule has 7 heteroatoms. The van der Waals surface area contributed by atoms with Crippen LogP contribution >= 0.6 is 11.8 Å². The van der Waals surface area contributed by atoms with E-state index in [1.807, 2.05) is 0 Å². The maximum atomic E-state index is 13.9. The van der Waals surface area contributed by atoms with Crippen LogP contribution in [0.2, 0.25) is 0 Å².